The Morgan fingerprint density at radius 1 is 1.77 bits per heavy atom. The molecule has 0 amide bonds. The molecule has 1 aromatic heterocycles. The third kappa shape index (κ3) is 1.36. The first-order chi connectivity index (χ1) is 6.31. The summed E-state index contributed by atoms with van der Waals surface area (Å²) < 4.78 is 6.69. The summed E-state index contributed by atoms with van der Waals surface area (Å²) in [5.41, 5.74) is 6.12. The van der Waals surface area contributed by atoms with E-state index in [0.29, 0.717) is 17.3 Å². The maximum Gasteiger partial charge on any atom is 0.139 e. The predicted molar refractivity (Wildman–Crippen MR) is 45.7 cm³/mol. The Morgan fingerprint density at radius 2 is 2.54 bits per heavy atom. The van der Waals surface area contributed by atoms with Crippen molar-refractivity contribution in [3.8, 4) is 6.07 Å². The third-order valence-electron chi connectivity index (χ3n) is 2.14. The van der Waals surface area contributed by atoms with E-state index in [-0.39, 0.29) is 0 Å². The van der Waals surface area contributed by atoms with Crippen LogP contribution in [-0.4, -0.2) is 23.0 Å². The highest BCUT2D eigenvalue weighted by atomic mass is 16.5. The molecule has 5 heteroatoms. The molecular formula is C8H10N4O. The molecule has 0 unspecified atom stereocenters. The number of nitrogen functional groups attached to an aromatic ring is 1. The van der Waals surface area contributed by atoms with Crippen LogP contribution in [0.3, 0.4) is 0 Å². The minimum Gasteiger partial charge on any atom is -0.383 e. The second-order valence-corrected chi connectivity index (χ2v) is 3.14. The number of anilines is 1. The number of nitrogens with zero attached hydrogens (tertiary/aromatic N) is 3. The van der Waals surface area contributed by atoms with E-state index in [1.165, 1.54) is 6.20 Å². The summed E-state index contributed by atoms with van der Waals surface area (Å²) >= 11 is 0. The van der Waals surface area contributed by atoms with Crippen LogP contribution in [0.15, 0.2) is 6.20 Å². The van der Waals surface area contributed by atoms with E-state index >= 15 is 0 Å². The van der Waals surface area contributed by atoms with E-state index in [0.717, 1.165) is 19.8 Å². The van der Waals surface area contributed by atoms with Gasteiger partial charge in [-0.05, 0) is 0 Å². The van der Waals surface area contributed by atoms with E-state index in [4.69, 9.17) is 15.7 Å². The molecule has 5 nitrogen and oxygen atoms in total. The fourth-order valence-electron chi connectivity index (χ4n) is 1.26. The van der Waals surface area contributed by atoms with Gasteiger partial charge in [-0.2, -0.15) is 10.4 Å². The molecule has 0 aromatic carbocycles. The largest absolute Gasteiger partial charge is 0.383 e. The van der Waals surface area contributed by atoms with Crippen molar-refractivity contribution in [1.29, 1.82) is 5.26 Å². The molecule has 2 heterocycles. The minimum absolute atomic E-state index is 0.445. The van der Waals surface area contributed by atoms with Crippen molar-refractivity contribution in [3.63, 3.8) is 0 Å². The van der Waals surface area contributed by atoms with Gasteiger partial charge in [0.15, 0.2) is 0 Å². The molecule has 0 aliphatic carbocycles. The van der Waals surface area contributed by atoms with Crippen LogP contribution in [0.2, 0.25) is 0 Å². The fraction of sp³-hybridized carbons (Fsp3) is 0.500. The minimum atomic E-state index is 0.445. The highest BCUT2D eigenvalue weighted by Crippen LogP contribution is 2.16. The molecule has 2 N–H and O–H groups in total. The number of nitriles is 1. The highest BCUT2D eigenvalue weighted by Gasteiger charge is 2.20. The molecule has 1 aliphatic heterocycles. The Kier molecular flexibility index (Phi) is 1.91. The van der Waals surface area contributed by atoms with E-state index < -0.39 is 0 Å². The summed E-state index contributed by atoms with van der Waals surface area (Å²) in [4.78, 5) is 0. The number of hydrogen-bond donors (Lipinski definition) is 1. The Morgan fingerprint density at radius 3 is 3.00 bits per heavy atom. The van der Waals surface area contributed by atoms with Crippen LogP contribution >= 0.6 is 0 Å². The highest BCUT2D eigenvalue weighted by molar-refractivity contribution is 5.47. The molecule has 2 rings (SSSR count). The lowest BCUT2D eigenvalue weighted by Crippen LogP contribution is -2.32. The molecule has 0 atom stereocenters. The number of nitrogens with two attached hydrogens (primary N) is 1. The average molecular weight is 178 g/mol. The Labute approximate surface area is 75.7 Å². The Balaban J connectivity index is 2.11. The van der Waals surface area contributed by atoms with Crippen molar-refractivity contribution in [2.45, 2.75) is 6.54 Å². The standard InChI is InChI=1S/C8H10N4O/c9-1-7-2-11-12(8(7)10)3-6-4-13-5-6/h2,6H,3-5,10H2. The van der Waals surface area contributed by atoms with Crippen LogP contribution in [0.25, 0.3) is 0 Å². The topological polar surface area (TPSA) is 76.9 Å². The smallest absolute Gasteiger partial charge is 0.139 e. The van der Waals surface area contributed by atoms with Gasteiger partial charge in [0.25, 0.3) is 0 Å². The van der Waals surface area contributed by atoms with E-state index in [2.05, 4.69) is 5.10 Å². The van der Waals surface area contributed by atoms with Gasteiger partial charge in [-0.25, -0.2) is 4.68 Å². The molecule has 1 saturated heterocycles. The second kappa shape index (κ2) is 3.07. The Hall–Kier alpha value is -1.54. The third-order valence-corrected chi connectivity index (χ3v) is 2.14. The van der Waals surface area contributed by atoms with Crippen molar-refractivity contribution >= 4 is 5.82 Å². The maximum atomic E-state index is 8.63. The van der Waals surface area contributed by atoms with Gasteiger partial charge in [-0.15, -0.1) is 0 Å². The summed E-state index contributed by atoms with van der Waals surface area (Å²) in [6.45, 7) is 2.27. The summed E-state index contributed by atoms with van der Waals surface area (Å²) in [7, 11) is 0. The average Bonchev–Trinajstić information content (AvgIpc) is 2.40. The van der Waals surface area contributed by atoms with Crippen LogP contribution in [-0.2, 0) is 11.3 Å². The zero-order chi connectivity index (χ0) is 9.26. The fourth-order valence-corrected chi connectivity index (χ4v) is 1.26. The van der Waals surface area contributed by atoms with Gasteiger partial charge in [-0.3, -0.25) is 0 Å². The lowest BCUT2D eigenvalue weighted by molar-refractivity contribution is -0.0405. The van der Waals surface area contributed by atoms with Crippen molar-refractivity contribution in [2.24, 2.45) is 5.92 Å². The number of rotatable bonds is 2. The molecule has 13 heavy (non-hydrogen) atoms. The number of ether oxygens (including phenoxy) is 1. The SMILES string of the molecule is N#Cc1cnn(CC2COC2)c1N. The molecule has 0 radical (unpaired) electrons. The number of aromatic nitrogens is 2. The van der Waals surface area contributed by atoms with Crippen LogP contribution in [0.1, 0.15) is 5.56 Å². The zero-order valence-electron chi connectivity index (χ0n) is 7.10. The lowest BCUT2D eigenvalue weighted by Gasteiger charge is -2.25. The van der Waals surface area contributed by atoms with Gasteiger partial charge in [0.2, 0.25) is 0 Å². The van der Waals surface area contributed by atoms with Crippen molar-refractivity contribution in [2.75, 3.05) is 18.9 Å². The van der Waals surface area contributed by atoms with E-state index in [1.807, 2.05) is 6.07 Å². The molecule has 1 aliphatic rings. The van der Waals surface area contributed by atoms with Crippen LogP contribution in [0, 0.1) is 17.2 Å². The van der Waals surface area contributed by atoms with Crippen molar-refractivity contribution in [1.82, 2.24) is 9.78 Å². The normalized spacial score (nSPS) is 16.5. The molecule has 0 bridgehead atoms. The van der Waals surface area contributed by atoms with Gasteiger partial charge in [0.05, 0.1) is 26.0 Å². The monoisotopic (exact) mass is 178 g/mol. The van der Waals surface area contributed by atoms with E-state index in [1.54, 1.807) is 4.68 Å². The van der Waals surface area contributed by atoms with Gasteiger partial charge in [-0.1, -0.05) is 0 Å². The quantitative estimate of drug-likeness (QED) is 0.690. The van der Waals surface area contributed by atoms with Crippen LogP contribution in [0.4, 0.5) is 5.82 Å². The maximum absolute atomic E-state index is 8.63. The lowest BCUT2D eigenvalue weighted by atomic mass is 10.1. The predicted octanol–water partition coefficient (Wildman–Crippen LogP) is -0.0166. The van der Waals surface area contributed by atoms with Gasteiger partial charge in [0.1, 0.15) is 17.5 Å². The molecule has 1 aromatic rings. The first-order valence-electron chi connectivity index (χ1n) is 4.10. The Bertz CT molecular complexity index is 348. The molecule has 1 fully saturated rings. The molecule has 0 spiro atoms. The second-order valence-electron chi connectivity index (χ2n) is 3.14. The summed E-state index contributed by atoms with van der Waals surface area (Å²) in [5.74, 6) is 0.947. The van der Waals surface area contributed by atoms with Gasteiger partial charge < -0.3 is 10.5 Å². The first-order valence-corrected chi connectivity index (χ1v) is 4.10. The van der Waals surface area contributed by atoms with Gasteiger partial charge >= 0.3 is 0 Å². The summed E-state index contributed by atoms with van der Waals surface area (Å²) in [5, 5.41) is 12.7. The summed E-state index contributed by atoms with van der Waals surface area (Å²) in [6.07, 6.45) is 1.49. The van der Waals surface area contributed by atoms with Crippen LogP contribution < -0.4 is 5.73 Å². The molecule has 68 valence electrons. The summed E-state index contributed by atoms with van der Waals surface area (Å²) in [6, 6.07) is 1.99. The van der Waals surface area contributed by atoms with E-state index in [9.17, 15) is 0 Å². The molecular weight excluding hydrogens is 168 g/mol. The van der Waals surface area contributed by atoms with Crippen molar-refractivity contribution < 1.29 is 4.74 Å². The number of hydrogen-bond acceptors (Lipinski definition) is 4. The molecule has 0 saturated carbocycles. The van der Waals surface area contributed by atoms with Crippen molar-refractivity contribution in [3.05, 3.63) is 11.8 Å². The van der Waals surface area contributed by atoms with Crippen LogP contribution in [0.5, 0.6) is 0 Å². The zero-order valence-corrected chi connectivity index (χ0v) is 7.10. The van der Waals surface area contributed by atoms with Gasteiger partial charge in [0, 0.05) is 5.92 Å². The first kappa shape index (κ1) is 8.08.